The number of methoxy groups -OCH3 is 2. The highest BCUT2D eigenvalue weighted by molar-refractivity contribution is 6.46. The molecule has 0 bridgehead atoms. The maximum absolute atomic E-state index is 13.1. The molecule has 0 saturated carbocycles. The number of hydrogen-bond acceptors (Lipinski definition) is 6. The zero-order valence-electron chi connectivity index (χ0n) is 17.1. The Hall–Kier alpha value is -4.00. The molecule has 1 saturated heterocycles. The van der Waals surface area contributed by atoms with Gasteiger partial charge >= 0.3 is 0 Å². The van der Waals surface area contributed by atoms with Crippen LogP contribution in [-0.2, 0) is 16.1 Å². The third kappa shape index (κ3) is 3.66. The number of nitrogens with zero attached hydrogens (tertiary/aromatic N) is 1. The number of benzene rings is 2. The van der Waals surface area contributed by atoms with Crippen LogP contribution in [0, 0.1) is 0 Å². The Morgan fingerprint density at radius 1 is 1.03 bits per heavy atom. The van der Waals surface area contributed by atoms with Crippen molar-refractivity contribution in [3.8, 4) is 11.5 Å². The van der Waals surface area contributed by atoms with E-state index in [-0.39, 0.29) is 17.9 Å². The highest BCUT2D eigenvalue weighted by Crippen LogP contribution is 2.44. The molecule has 0 radical (unpaired) electrons. The average molecular weight is 419 g/mol. The number of aliphatic hydroxyl groups is 1. The summed E-state index contributed by atoms with van der Waals surface area (Å²) in [5, 5.41) is 11.1. The number of ether oxygens (including phenoxy) is 2. The van der Waals surface area contributed by atoms with E-state index in [2.05, 4.69) is 0 Å². The van der Waals surface area contributed by atoms with Crippen LogP contribution in [-0.4, -0.2) is 35.9 Å². The molecule has 7 heteroatoms. The van der Waals surface area contributed by atoms with E-state index in [0.717, 1.165) is 0 Å². The third-order valence-electron chi connectivity index (χ3n) is 5.22. The van der Waals surface area contributed by atoms with Crippen molar-refractivity contribution in [3.63, 3.8) is 0 Å². The second-order valence-electron chi connectivity index (χ2n) is 6.98. The maximum Gasteiger partial charge on any atom is 0.296 e. The molecule has 7 nitrogen and oxygen atoms in total. The lowest BCUT2D eigenvalue weighted by molar-refractivity contribution is -0.140. The van der Waals surface area contributed by atoms with Crippen molar-refractivity contribution in [2.45, 2.75) is 12.6 Å². The van der Waals surface area contributed by atoms with Gasteiger partial charge in [-0.15, -0.1) is 0 Å². The largest absolute Gasteiger partial charge is 0.507 e. The highest BCUT2D eigenvalue weighted by atomic mass is 16.5. The number of furan rings is 1. The van der Waals surface area contributed by atoms with Crippen LogP contribution < -0.4 is 9.47 Å². The fourth-order valence-corrected chi connectivity index (χ4v) is 3.74. The van der Waals surface area contributed by atoms with Gasteiger partial charge in [0.25, 0.3) is 11.7 Å². The number of ketones is 1. The monoisotopic (exact) mass is 419 g/mol. The second kappa shape index (κ2) is 8.39. The van der Waals surface area contributed by atoms with Crippen molar-refractivity contribution in [1.29, 1.82) is 0 Å². The quantitative estimate of drug-likeness (QED) is 0.370. The number of amides is 1. The van der Waals surface area contributed by atoms with E-state index in [4.69, 9.17) is 13.9 Å². The van der Waals surface area contributed by atoms with Crippen molar-refractivity contribution in [1.82, 2.24) is 4.90 Å². The molecular weight excluding hydrogens is 398 g/mol. The lowest BCUT2D eigenvalue weighted by Crippen LogP contribution is -2.29. The van der Waals surface area contributed by atoms with Gasteiger partial charge in [0.2, 0.25) is 0 Å². The summed E-state index contributed by atoms with van der Waals surface area (Å²) >= 11 is 0. The number of hydrogen-bond donors (Lipinski definition) is 1. The number of carbonyl (C=O) groups excluding carboxylic acids is 2. The molecule has 0 spiro atoms. The Morgan fingerprint density at radius 2 is 1.81 bits per heavy atom. The summed E-state index contributed by atoms with van der Waals surface area (Å²) in [6.07, 6.45) is 1.50. The molecule has 31 heavy (non-hydrogen) atoms. The first-order chi connectivity index (χ1) is 15.0. The number of carbonyl (C=O) groups is 2. The summed E-state index contributed by atoms with van der Waals surface area (Å²) in [5.74, 6) is -0.272. The zero-order valence-corrected chi connectivity index (χ0v) is 17.1. The van der Waals surface area contributed by atoms with Gasteiger partial charge in [0.15, 0.2) is 0 Å². The number of aliphatic hydroxyl groups excluding tert-OH is 1. The van der Waals surface area contributed by atoms with E-state index in [9.17, 15) is 14.7 Å². The molecule has 4 rings (SSSR count). The van der Waals surface area contributed by atoms with Gasteiger partial charge in [0.1, 0.15) is 23.0 Å². The molecule has 1 N–H and O–H groups in total. The fourth-order valence-electron chi connectivity index (χ4n) is 3.74. The van der Waals surface area contributed by atoms with Crippen LogP contribution in [0.4, 0.5) is 0 Å². The lowest BCUT2D eigenvalue weighted by atomic mass is 9.94. The Kier molecular flexibility index (Phi) is 5.49. The molecular formula is C24H21NO6. The predicted octanol–water partition coefficient (Wildman–Crippen LogP) is 3.92. The average Bonchev–Trinajstić information content (AvgIpc) is 3.41. The standard InChI is InChI=1S/C24H21NO6/c1-29-16-10-11-19(30-2)18(13-16)21-20(22(26)15-7-4-3-5-8-15)23(27)24(28)25(21)14-17-9-6-12-31-17/h3-13,21,26H,14H2,1-2H3/b22-20-/t21-/m1/s1. The smallest absolute Gasteiger partial charge is 0.296 e. The van der Waals surface area contributed by atoms with Gasteiger partial charge in [-0.25, -0.2) is 0 Å². The fraction of sp³-hybridized carbons (Fsp3) is 0.167. The normalized spacial score (nSPS) is 17.7. The van der Waals surface area contributed by atoms with Crippen molar-refractivity contribution in [3.05, 3.63) is 89.4 Å². The Morgan fingerprint density at radius 3 is 2.45 bits per heavy atom. The number of Topliss-reactive ketones (excluding diaryl/α,β-unsaturated/α-hetero) is 1. The van der Waals surface area contributed by atoms with E-state index in [1.54, 1.807) is 60.7 Å². The molecule has 0 aliphatic carbocycles. The van der Waals surface area contributed by atoms with Gasteiger partial charge in [-0.05, 0) is 30.3 Å². The number of likely N-dealkylation sites (tertiary alicyclic amines) is 1. The summed E-state index contributed by atoms with van der Waals surface area (Å²) in [5.41, 5.74) is 0.935. The topological polar surface area (TPSA) is 89.2 Å². The van der Waals surface area contributed by atoms with Crippen molar-refractivity contribution < 1.29 is 28.6 Å². The van der Waals surface area contributed by atoms with Crippen LogP contribution in [0.5, 0.6) is 11.5 Å². The van der Waals surface area contributed by atoms with Gasteiger partial charge in [-0.2, -0.15) is 0 Å². The van der Waals surface area contributed by atoms with Crippen LogP contribution in [0.1, 0.15) is 22.9 Å². The molecule has 158 valence electrons. The Labute approximate surface area is 179 Å². The SMILES string of the molecule is COc1ccc(OC)c([C@@H]2/C(=C(/O)c3ccccc3)C(=O)C(=O)N2Cc2ccco2)c1. The predicted molar refractivity (Wildman–Crippen MR) is 113 cm³/mol. The van der Waals surface area contributed by atoms with Gasteiger partial charge in [0.05, 0.1) is 38.6 Å². The molecule has 1 fully saturated rings. The van der Waals surface area contributed by atoms with E-state index < -0.39 is 17.7 Å². The highest BCUT2D eigenvalue weighted by Gasteiger charge is 2.47. The van der Waals surface area contributed by atoms with Gasteiger partial charge in [0, 0.05) is 11.1 Å². The van der Waals surface area contributed by atoms with Crippen LogP contribution in [0.2, 0.25) is 0 Å². The molecule has 1 atom stereocenters. The molecule has 2 heterocycles. The summed E-state index contributed by atoms with van der Waals surface area (Å²) in [4.78, 5) is 27.5. The maximum atomic E-state index is 13.1. The minimum Gasteiger partial charge on any atom is -0.507 e. The second-order valence-corrected chi connectivity index (χ2v) is 6.98. The molecule has 1 aromatic heterocycles. The first-order valence-corrected chi connectivity index (χ1v) is 9.63. The van der Waals surface area contributed by atoms with E-state index in [1.807, 2.05) is 0 Å². The summed E-state index contributed by atoms with van der Waals surface area (Å²) in [6.45, 7) is 0.0498. The lowest BCUT2D eigenvalue weighted by Gasteiger charge is -2.26. The molecule has 2 aromatic carbocycles. The van der Waals surface area contributed by atoms with Gasteiger partial charge in [-0.1, -0.05) is 30.3 Å². The minimum absolute atomic E-state index is 0.0192. The Bertz CT molecular complexity index is 1130. The van der Waals surface area contributed by atoms with Gasteiger partial charge in [-0.3, -0.25) is 9.59 Å². The van der Waals surface area contributed by atoms with Crippen LogP contribution in [0.15, 0.2) is 76.9 Å². The van der Waals surface area contributed by atoms with Gasteiger partial charge < -0.3 is 23.9 Å². The zero-order chi connectivity index (χ0) is 22.0. The third-order valence-corrected chi connectivity index (χ3v) is 5.22. The summed E-state index contributed by atoms with van der Waals surface area (Å²) in [6, 6.07) is 16.3. The van der Waals surface area contributed by atoms with Crippen molar-refractivity contribution in [2.75, 3.05) is 14.2 Å². The Balaban J connectivity index is 1.94. The number of rotatable bonds is 6. The van der Waals surface area contributed by atoms with Crippen molar-refractivity contribution >= 4 is 17.4 Å². The van der Waals surface area contributed by atoms with E-state index in [0.29, 0.717) is 28.4 Å². The van der Waals surface area contributed by atoms with E-state index in [1.165, 1.54) is 25.4 Å². The molecule has 1 aliphatic heterocycles. The first-order valence-electron chi connectivity index (χ1n) is 9.63. The van der Waals surface area contributed by atoms with Crippen LogP contribution in [0.25, 0.3) is 5.76 Å². The summed E-state index contributed by atoms with van der Waals surface area (Å²) in [7, 11) is 3.02. The molecule has 0 unspecified atom stereocenters. The minimum atomic E-state index is -0.893. The van der Waals surface area contributed by atoms with Crippen LogP contribution in [0.3, 0.4) is 0 Å². The summed E-state index contributed by atoms with van der Waals surface area (Å²) < 4.78 is 16.3. The molecule has 3 aromatic rings. The van der Waals surface area contributed by atoms with E-state index >= 15 is 0 Å². The van der Waals surface area contributed by atoms with Crippen LogP contribution >= 0.6 is 0 Å². The van der Waals surface area contributed by atoms with Crippen molar-refractivity contribution in [2.24, 2.45) is 0 Å². The first kappa shape index (κ1) is 20.3. The molecule has 1 aliphatic rings. The molecule has 1 amide bonds.